The molecule has 1 aromatic carbocycles. The van der Waals surface area contributed by atoms with Gasteiger partial charge in [-0.3, -0.25) is 0 Å². The number of hydrogen-bond donors (Lipinski definition) is 1. The Bertz CT molecular complexity index is 451. The lowest BCUT2D eigenvalue weighted by Gasteiger charge is -2.19. The second-order valence-electron chi connectivity index (χ2n) is 4.25. The molecule has 1 N–H and O–H groups in total. The standard InChI is InChI=1S/C13H14NO2.ClH.Mg/c1-4-13(2,3)14-12(15)16-10-11-8-6-5-7-9-11;;/h5-9H,10H2,2-3H3,(H,14,15);1H;/q;;+1/p-1. The second kappa shape index (κ2) is 7.52. The summed E-state index contributed by atoms with van der Waals surface area (Å²) >= 11 is -0.834. The molecule has 5 heteroatoms. The minimum Gasteiger partial charge on any atom is -0.445 e. The lowest BCUT2D eigenvalue weighted by molar-refractivity contribution is 0.134. The van der Waals surface area contributed by atoms with Crippen molar-refractivity contribution in [2.75, 3.05) is 0 Å². The first-order valence-corrected chi connectivity index (χ1v) is 8.43. The van der Waals surface area contributed by atoms with Gasteiger partial charge in [0.2, 0.25) is 0 Å². The Hall–Kier alpha value is -0.894. The fourth-order valence-corrected chi connectivity index (χ4v) is 2.01. The monoisotopic (exact) mass is 275 g/mol. The zero-order chi connectivity index (χ0) is 13.4. The van der Waals surface area contributed by atoms with Gasteiger partial charge in [-0.1, -0.05) is 30.3 Å². The summed E-state index contributed by atoms with van der Waals surface area (Å²) in [5.41, 5.74) is 0.333. The first-order chi connectivity index (χ1) is 8.53. The molecule has 0 heterocycles. The van der Waals surface area contributed by atoms with Crippen LogP contribution in [0.3, 0.4) is 0 Å². The lowest BCUT2D eigenvalue weighted by atomic mass is 10.1. The van der Waals surface area contributed by atoms with Crippen molar-refractivity contribution >= 4 is 34.4 Å². The molecular weight excluding hydrogens is 262 g/mol. The molecule has 3 nitrogen and oxygen atoms in total. The first-order valence-electron chi connectivity index (χ1n) is 5.58. The van der Waals surface area contributed by atoms with Crippen LogP contribution in [0.4, 0.5) is 4.79 Å². The molecule has 1 rings (SSSR count). The lowest BCUT2D eigenvalue weighted by Crippen LogP contribution is -2.42. The van der Waals surface area contributed by atoms with Gasteiger partial charge in [0, 0.05) is 0 Å². The Morgan fingerprint density at radius 2 is 2.11 bits per heavy atom. The van der Waals surface area contributed by atoms with Crippen LogP contribution in [0.5, 0.6) is 0 Å². The van der Waals surface area contributed by atoms with E-state index in [1.54, 1.807) is 0 Å². The van der Waals surface area contributed by atoms with Crippen molar-refractivity contribution in [3.05, 3.63) is 35.9 Å². The van der Waals surface area contributed by atoms with Gasteiger partial charge in [0.05, 0.1) is 5.54 Å². The quantitative estimate of drug-likeness (QED) is 0.680. The summed E-state index contributed by atoms with van der Waals surface area (Å²) in [6.45, 7) is 3.87. The van der Waals surface area contributed by atoms with Gasteiger partial charge in [-0.05, 0) is 19.4 Å². The zero-order valence-corrected chi connectivity index (χ0v) is 12.7. The molecule has 0 bridgehead atoms. The number of carbonyl (C=O) groups excluding carboxylic acids is 1. The van der Waals surface area contributed by atoms with Crippen LogP contribution >= 0.6 is 9.07 Å². The van der Waals surface area contributed by atoms with E-state index in [0.717, 1.165) is 5.56 Å². The van der Waals surface area contributed by atoms with E-state index in [1.807, 2.05) is 44.2 Å². The maximum Gasteiger partial charge on any atom is 0.599 e. The Kier molecular flexibility index (Phi) is 6.34. The van der Waals surface area contributed by atoms with Crippen LogP contribution in [0.15, 0.2) is 30.3 Å². The Balaban J connectivity index is 2.43. The average Bonchev–Trinajstić information content (AvgIpc) is 2.35. The SMILES string of the molecule is CC(C)(C#[C][Mg][Cl])NC(=O)OCc1ccccc1. The predicted molar refractivity (Wildman–Crippen MR) is 73.2 cm³/mol. The van der Waals surface area contributed by atoms with Gasteiger partial charge in [-0.15, -0.1) is 5.92 Å². The Morgan fingerprint density at radius 1 is 1.44 bits per heavy atom. The largest absolute Gasteiger partial charge is 0.599 e. The highest BCUT2D eigenvalue weighted by Crippen LogP contribution is 2.03. The van der Waals surface area contributed by atoms with Crippen molar-refractivity contribution in [1.29, 1.82) is 0 Å². The summed E-state index contributed by atoms with van der Waals surface area (Å²) in [5.74, 6) is 2.91. The zero-order valence-electron chi connectivity index (χ0n) is 10.5. The average molecular weight is 276 g/mol. The maximum atomic E-state index is 11.6. The molecule has 1 aromatic rings. The number of ether oxygens (including phenoxy) is 1. The van der Waals surface area contributed by atoms with E-state index in [-0.39, 0.29) is 6.61 Å². The minimum absolute atomic E-state index is 0.250. The number of nitrogens with one attached hydrogen (secondary N) is 1. The van der Waals surface area contributed by atoms with Gasteiger partial charge in [0.1, 0.15) is 6.61 Å². The number of benzene rings is 1. The van der Waals surface area contributed by atoms with Crippen molar-refractivity contribution in [2.45, 2.75) is 26.0 Å². The van der Waals surface area contributed by atoms with Crippen LogP contribution in [-0.4, -0.2) is 30.9 Å². The first kappa shape index (κ1) is 15.2. The molecule has 0 aliphatic carbocycles. The molecule has 0 unspecified atom stereocenters. The molecule has 0 aliphatic rings. The molecule has 0 atom stereocenters. The summed E-state index contributed by atoms with van der Waals surface area (Å²) in [7, 11) is 5.61. The van der Waals surface area contributed by atoms with Crippen LogP contribution in [0.25, 0.3) is 0 Å². The highest BCUT2D eigenvalue weighted by Gasteiger charge is 2.17. The topological polar surface area (TPSA) is 38.3 Å². The third kappa shape index (κ3) is 6.15. The highest BCUT2D eigenvalue weighted by atomic mass is 35.5. The number of rotatable bonds is 3. The van der Waals surface area contributed by atoms with Crippen LogP contribution in [0.1, 0.15) is 19.4 Å². The van der Waals surface area contributed by atoms with Crippen molar-refractivity contribution < 1.29 is 9.53 Å². The highest BCUT2D eigenvalue weighted by molar-refractivity contribution is 6.98. The molecule has 0 radical (unpaired) electrons. The Morgan fingerprint density at radius 3 is 2.72 bits per heavy atom. The summed E-state index contributed by atoms with van der Waals surface area (Å²) in [6.07, 6.45) is -0.477. The molecule has 0 fully saturated rings. The van der Waals surface area contributed by atoms with E-state index in [2.05, 4.69) is 15.3 Å². The van der Waals surface area contributed by atoms with Crippen LogP contribution in [-0.2, 0) is 11.3 Å². The summed E-state index contributed by atoms with van der Waals surface area (Å²) in [5, 5.41) is 2.69. The van der Waals surface area contributed by atoms with E-state index >= 15 is 0 Å². The van der Waals surface area contributed by atoms with Gasteiger partial charge in [-0.25, -0.2) is 8.84 Å². The van der Waals surface area contributed by atoms with E-state index in [4.69, 9.17) is 13.8 Å². The van der Waals surface area contributed by atoms with Crippen molar-refractivity contribution in [3.8, 4) is 9.97 Å². The maximum absolute atomic E-state index is 11.6. The van der Waals surface area contributed by atoms with Crippen molar-refractivity contribution in [3.63, 3.8) is 0 Å². The number of alkyl carbamates (subject to hydrolysis) is 1. The number of hydrogen-bond acceptors (Lipinski definition) is 2. The summed E-state index contributed by atoms with van der Waals surface area (Å²) < 4.78 is 7.96. The molecule has 0 aliphatic heterocycles. The molecule has 0 saturated heterocycles. The smallest absolute Gasteiger partial charge is 0.445 e. The normalized spacial score (nSPS) is 9.72. The molecule has 18 heavy (non-hydrogen) atoms. The fraction of sp³-hybridized carbons (Fsp3) is 0.308. The summed E-state index contributed by atoms with van der Waals surface area (Å²) in [6, 6.07) is 9.52. The van der Waals surface area contributed by atoms with Crippen molar-refractivity contribution in [1.82, 2.24) is 5.32 Å². The molecule has 0 spiro atoms. The van der Waals surface area contributed by atoms with Crippen LogP contribution in [0, 0.1) is 9.97 Å². The second-order valence-corrected chi connectivity index (χ2v) is 5.67. The van der Waals surface area contributed by atoms with Crippen molar-refractivity contribution in [2.24, 2.45) is 0 Å². The van der Waals surface area contributed by atoms with Gasteiger partial charge in [0.25, 0.3) is 0 Å². The molecule has 0 aromatic heterocycles. The third-order valence-electron chi connectivity index (χ3n) is 2.10. The van der Waals surface area contributed by atoms with E-state index < -0.39 is 30.9 Å². The number of amides is 1. The van der Waals surface area contributed by atoms with Crippen LogP contribution < -0.4 is 5.32 Å². The number of carbonyl (C=O) groups is 1. The third-order valence-corrected chi connectivity index (χ3v) is 2.81. The van der Waals surface area contributed by atoms with Crippen LogP contribution in [0.2, 0.25) is 0 Å². The minimum atomic E-state index is -0.834. The molecule has 1 amide bonds. The predicted octanol–water partition coefficient (Wildman–Crippen LogP) is 2.51. The molecular formula is C13H14ClMgNO2. The van der Waals surface area contributed by atoms with Gasteiger partial charge >= 0.3 is 25.4 Å². The molecule has 0 saturated carbocycles. The Labute approximate surface area is 121 Å². The van der Waals surface area contributed by atoms with E-state index in [9.17, 15) is 4.79 Å². The van der Waals surface area contributed by atoms with Gasteiger partial charge < -0.3 is 19.1 Å². The van der Waals surface area contributed by atoms with E-state index in [1.165, 1.54) is 0 Å². The van der Waals surface area contributed by atoms with Gasteiger partial charge in [0.15, 0.2) is 0 Å². The van der Waals surface area contributed by atoms with Gasteiger partial charge in [-0.2, -0.15) is 0 Å². The van der Waals surface area contributed by atoms with E-state index in [0.29, 0.717) is 0 Å². The number of halogens is 1. The summed E-state index contributed by atoms with van der Waals surface area (Å²) in [4.78, 5) is 11.6. The molecule has 92 valence electrons. The fourth-order valence-electron chi connectivity index (χ4n) is 1.30.